The summed E-state index contributed by atoms with van der Waals surface area (Å²) < 4.78 is 9.20. The maximum atomic E-state index is 6.76. The molecule has 0 saturated heterocycles. The number of hydrogen-bond donors (Lipinski definition) is 0. The Morgan fingerprint density at radius 1 is 0.356 bits per heavy atom. The molecule has 11 aromatic rings. The number of hydrogen-bond acceptors (Lipinski definition) is 2. The van der Waals surface area contributed by atoms with Crippen molar-refractivity contribution in [2.75, 3.05) is 4.90 Å². The summed E-state index contributed by atoms with van der Waals surface area (Å²) in [4.78, 5) is 2.67. The van der Waals surface area contributed by atoms with Crippen molar-refractivity contribution in [3.63, 3.8) is 0 Å². The highest BCUT2D eigenvalue weighted by atomic mass is 16.5. The van der Waals surface area contributed by atoms with Crippen LogP contribution in [0.15, 0.2) is 231 Å². The van der Waals surface area contributed by atoms with Crippen molar-refractivity contribution < 1.29 is 4.74 Å². The lowest BCUT2D eigenvalue weighted by molar-refractivity contribution is 0.198. The maximum Gasteiger partial charge on any atom is 0.132 e. The Balaban J connectivity index is 0.882. The Hall–Kier alpha value is -8.40. The summed E-state index contributed by atoms with van der Waals surface area (Å²) in [5, 5.41) is 2.49. The highest BCUT2D eigenvalue weighted by Gasteiger charge is 2.55. The van der Waals surface area contributed by atoms with Crippen LogP contribution in [-0.2, 0) is 10.8 Å². The highest BCUT2D eigenvalue weighted by molar-refractivity contribution is 6.11. The number of aromatic nitrogens is 1. The summed E-state index contributed by atoms with van der Waals surface area (Å²) in [5.41, 5.74) is 24.0. The van der Waals surface area contributed by atoms with E-state index in [1.54, 1.807) is 0 Å². The lowest BCUT2D eigenvalue weighted by atomic mass is 9.74. The molecular formula is C70H54N2O. The van der Waals surface area contributed by atoms with Crippen LogP contribution in [0.1, 0.15) is 85.1 Å². The summed E-state index contributed by atoms with van der Waals surface area (Å²) >= 11 is 0. The normalized spacial score (nSPS) is 19.3. The summed E-state index contributed by atoms with van der Waals surface area (Å²) in [6.07, 6.45) is 0.0442. The molecule has 1 aromatic heterocycles. The van der Waals surface area contributed by atoms with Gasteiger partial charge in [-0.05, 0) is 157 Å². The van der Waals surface area contributed by atoms with Gasteiger partial charge in [-0.3, -0.25) is 0 Å². The molecule has 0 amide bonds. The first-order chi connectivity index (χ1) is 35.7. The predicted molar refractivity (Wildman–Crippen MR) is 302 cm³/mol. The molecule has 0 bridgehead atoms. The highest BCUT2D eigenvalue weighted by Crippen LogP contribution is 2.66. The second kappa shape index (κ2) is 15.6. The van der Waals surface area contributed by atoms with Crippen molar-refractivity contribution in [2.24, 2.45) is 0 Å². The van der Waals surface area contributed by atoms with Crippen LogP contribution in [0.4, 0.5) is 11.4 Å². The van der Waals surface area contributed by atoms with E-state index in [-0.39, 0.29) is 34.8 Å². The first kappa shape index (κ1) is 42.3. The molecular weight excluding hydrogens is 885 g/mol. The van der Waals surface area contributed by atoms with Gasteiger partial charge >= 0.3 is 0 Å². The molecule has 10 aromatic carbocycles. The minimum Gasteiger partial charge on any atom is -0.485 e. The molecule has 4 aliphatic rings. The summed E-state index contributed by atoms with van der Waals surface area (Å²) in [6, 6.07) is 86.4. The second-order valence-electron chi connectivity index (χ2n) is 22.1. The molecule has 2 aliphatic carbocycles. The third-order valence-corrected chi connectivity index (χ3v) is 17.5. The average Bonchev–Trinajstić information content (AvgIpc) is 4.21. The zero-order chi connectivity index (χ0) is 48.7. The topological polar surface area (TPSA) is 17.4 Å². The van der Waals surface area contributed by atoms with Crippen molar-refractivity contribution in [1.82, 2.24) is 4.57 Å². The first-order valence-corrected chi connectivity index (χ1v) is 26.0. The van der Waals surface area contributed by atoms with Crippen LogP contribution in [0.3, 0.4) is 0 Å². The van der Waals surface area contributed by atoms with Crippen molar-refractivity contribution in [3.05, 3.63) is 264 Å². The van der Waals surface area contributed by atoms with Crippen molar-refractivity contribution in [3.8, 4) is 55.9 Å². The van der Waals surface area contributed by atoms with Gasteiger partial charge in [0, 0.05) is 50.6 Å². The number of nitrogens with zero attached hydrogens (tertiary/aromatic N) is 2. The lowest BCUT2D eigenvalue weighted by Gasteiger charge is -2.31. The van der Waals surface area contributed by atoms with Crippen LogP contribution in [0.25, 0.3) is 72.0 Å². The van der Waals surface area contributed by atoms with E-state index >= 15 is 0 Å². The molecule has 15 rings (SSSR count). The Morgan fingerprint density at radius 2 is 0.849 bits per heavy atom. The molecule has 4 atom stereocenters. The standard InChI is InChI=1S/C70H54N2O/c1-69(2)59-26-16-14-24-53(59)67-65(69)57-41-47(30-34-63(57)72(67)52-37-49(43-18-8-5-9-19-43)36-50(38-52)44-20-10-6-11-21-44)45-28-32-61-55(39-45)56-40-46(29-33-62(56)71(61)51-22-12-7-13-23-51)48-31-35-64-58(42-48)66-68(73-64)54-25-15-17-27-60(54)70(66,3)4/h5-42,65-68H,1-4H3. The number of fused-ring (bicyclic) bond motifs is 13. The molecule has 0 spiro atoms. The molecule has 2 aliphatic heterocycles. The Morgan fingerprint density at radius 3 is 1.48 bits per heavy atom. The van der Waals surface area contributed by atoms with Gasteiger partial charge in [0.2, 0.25) is 0 Å². The van der Waals surface area contributed by atoms with Gasteiger partial charge in [-0.1, -0.05) is 179 Å². The van der Waals surface area contributed by atoms with Gasteiger partial charge in [-0.2, -0.15) is 0 Å². The summed E-state index contributed by atoms with van der Waals surface area (Å²) in [7, 11) is 0. The Labute approximate surface area is 427 Å². The molecule has 73 heavy (non-hydrogen) atoms. The molecule has 0 fully saturated rings. The molecule has 0 saturated carbocycles. The van der Waals surface area contributed by atoms with E-state index in [1.807, 2.05) is 0 Å². The smallest absolute Gasteiger partial charge is 0.132 e. The van der Waals surface area contributed by atoms with Gasteiger partial charge in [0.05, 0.1) is 17.1 Å². The second-order valence-corrected chi connectivity index (χ2v) is 22.1. The predicted octanol–water partition coefficient (Wildman–Crippen LogP) is 18.2. The fraction of sp³-hybridized carbons (Fsp3) is 0.143. The maximum absolute atomic E-state index is 6.76. The Bertz CT molecular complexity index is 3980. The first-order valence-electron chi connectivity index (χ1n) is 26.0. The van der Waals surface area contributed by atoms with E-state index in [4.69, 9.17) is 4.74 Å². The molecule has 3 heterocycles. The van der Waals surface area contributed by atoms with Crippen LogP contribution < -0.4 is 9.64 Å². The molecule has 3 heteroatoms. The van der Waals surface area contributed by atoms with Crippen LogP contribution in [0.5, 0.6) is 5.75 Å². The summed E-state index contributed by atoms with van der Waals surface area (Å²) in [5.74, 6) is 1.51. The number of benzene rings is 10. The molecule has 0 radical (unpaired) electrons. The fourth-order valence-corrected chi connectivity index (χ4v) is 14.1. The third-order valence-electron chi connectivity index (χ3n) is 17.5. The minimum absolute atomic E-state index is 0.0395. The molecule has 4 unspecified atom stereocenters. The van der Waals surface area contributed by atoms with E-state index < -0.39 is 0 Å². The minimum atomic E-state index is -0.103. The number of anilines is 2. The third kappa shape index (κ3) is 6.18. The largest absolute Gasteiger partial charge is 0.485 e. The van der Waals surface area contributed by atoms with Gasteiger partial charge in [-0.25, -0.2) is 0 Å². The van der Waals surface area contributed by atoms with Crippen LogP contribution in [-0.4, -0.2) is 4.57 Å². The molecule has 3 nitrogen and oxygen atoms in total. The van der Waals surface area contributed by atoms with Gasteiger partial charge < -0.3 is 14.2 Å². The van der Waals surface area contributed by atoms with Crippen molar-refractivity contribution in [2.45, 2.75) is 62.5 Å². The zero-order valence-corrected chi connectivity index (χ0v) is 41.6. The van der Waals surface area contributed by atoms with Crippen LogP contribution >= 0.6 is 0 Å². The van der Waals surface area contributed by atoms with Crippen molar-refractivity contribution in [1.29, 1.82) is 0 Å². The monoisotopic (exact) mass is 938 g/mol. The fourth-order valence-electron chi connectivity index (χ4n) is 14.1. The average molecular weight is 939 g/mol. The van der Waals surface area contributed by atoms with E-state index in [0.29, 0.717) is 0 Å². The SMILES string of the molecule is CC1(C)c2ccccc2C2Oc3ccc(-c4ccc5c(c4)c4cc(-c6ccc7c(c6)C6C(c8ccccc8C6(C)C)N7c6cc(-c7ccccc7)cc(-c7ccccc7)c6)ccc4n5-c4ccccc4)cc3C21. The van der Waals surface area contributed by atoms with E-state index in [1.165, 1.54) is 111 Å². The summed E-state index contributed by atoms with van der Waals surface area (Å²) in [6.45, 7) is 9.71. The molecule has 350 valence electrons. The van der Waals surface area contributed by atoms with E-state index in [9.17, 15) is 0 Å². The van der Waals surface area contributed by atoms with E-state index in [0.717, 1.165) is 11.4 Å². The van der Waals surface area contributed by atoms with Gasteiger partial charge in [0.1, 0.15) is 11.9 Å². The lowest BCUT2D eigenvalue weighted by Crippen LogP contribution is -2.25. The van der Waals surface area contributed by atoms with Crippen LogP contribution in [0.2, 0.25) is 0 Å². The van der Waals surface area contributed by atoms with Gasteiger partial charge in [0.15, 0.2) is 0 Å². The van der Waals surface area contributed by atoms with Crippen molar-refractivity contribution >= 4 is 33.2 Å². The van der Waals surface area contributed by atoms with Crippen LogP contribution in [0, 0.1) is 0 Å². The number of ether oxygens (including phenoxy) is 1. The number of rotatable bonds is 6. The quantitative estimate of drug-likeness (QED) is 0.165. The Kier molecular flexibility index (Phi) is 9.01. The van der Waals surface area contributed by atoms with Gasteiger partial charge in [-0.15, -0.1) is 0 Å². The zero-order valence-electron chi connectivity index (χ0n) is 41.6. The number of para-hydroxylation sites is 1. The molecule has 0 N–H and O–H groups in total. The van der Waals surface area contributed by atoms with Gasteiger partial charge in [0.25, 0.3) is 0 Å². The van der Waals surface area contributed by atoms with E-state index in [2.05, 4.69) is 268 Å².